The summed E-state index contributed by atoms with van der Waals surface area (Å²) in [5.74, 6) is -1.45. The van der Waals surface area contributed by atoms with Crippen LogP contribution >= 0.6 is 15.9 Å². The maximum absolute atomic E-state index is 13.4. The fourth-order valence-electron chi connectivity index (χ4n) is 3.07. The number of imide groups is 1. The predicted octanol–water partition coefficient (Wildman–Crippen LogP) is 2.95. The molecule has 0 saturated carbocycles. The quantitative estimate of drug-likeness (QED) is 0.603. The molecule has 0 fully saturated rings. The minimum absolute atomic E-state index is 0.0738. The Kier molecular flexibility index (Phi) is 3.73. The molecule has 2 amide bonds. The Morgan fingerprint density at radius 2 is 1.65 bits per heavy atom. The summed E-state index contributed by atoms with van der Waals surface area (Å²) in [6.07, 6.45) is 1.03. The van der Waals surface area contributed by atoms with E-state index in [9.17, 15) is 18.8 Å². The van der Waals surface area contributed by atoms with Gasteiger partial charge in [-0.2, -0.15) is 0 Å². The van der Waals surface area contributed by atoms with Crippen molar-refractivity contribution in [2.45, 2.75) is 13.0 Å². The molecule has 8 heteroatoms. The predicted molar refractivity (Wildman–Crippen MR) is 94.5 cm³/mol. The van der Waals surface area contributed by atoms with Gasteiger partial charge < -0.3 is 0 Å². The maximum Gasteiger partial charge on any atom is 0.272 e. The van der Waals surface area contributed by atoms with Crippen molar-refractivity contribution in [3.8, 4) is 0 Å². The molecule has 1 aliphatic rings. The molecule has 1 aliphatic heterocycles. The van der Waals surface area contributed by atoms with Gasteiger partial charge in [-0.25, -0.2) is 9.37 Å². The van der Waals surface area contributed by atoms with E-state index in [0.717, 1.165) is 15.5 Å². The number of hydrogen-bond donors (Lipinski definition) is 0. The van der Waals surface area contributed by atoms with Crippen LogP contribution < -0.4 is 5.56 Å². The van der Waals surface area contributed by atoms with E-state index in [0.29, 0.717) is 11.1 Å². The summed E-state index contributed by atoms with van der Waals surface area (Å²) in [6, 6.07) is 8.31. The van der Waals surface area contributed by atoms with Crippen LogP contribution in [0, 0.1) is 5.82 Å². The molecule has 0 radical (unpaired) electrons. The molecule has 26 heavy (non-hydrogen) atoms. The molecule has 1 unspecified atom stereocenters. The first kappa shape index (κ1) is 16.6. The van der Waals surface area contributed by atoms with Gasteiger partial charge in [-0.1, -0.05) is 12.1 Å². The molecule has 4 rings (SSSR count). The smallest absolute Gasteiger partial charge is 0.269 e. The van der Waals surface area contributed by atoms with Gasteiger partial charge in [0.05, 0.1) is 22.9 Å². The second-order valence-corrected chi connectivity index (χ2v) is 6.69. The SMILES string of the molecule is CC(c1nc2ccc(F)cn2c(=O)c1Br)N1C(=O)c2ccccc2C1=O. The molecule has 0 aliphatic carbocycles. The summed E-state index contributed by atoms with van der Waals surface area (Å²) in [6.45, 7) is 1.62. The first-order valence-electron chi connectivity index (χ1n) is 7.74. The highest BCUT2D eigenvalue weighted by Gasteiger charge is 2.40. The largest absolute Gasteiger partial charge is 0.272 e. The Hall–Kier alpha value is -2.87. The summed E-state index contributed by atoms with van der Waals surface area (Å²) in [5, 5.41) is 0. The highest BCUT2D eigenvalue weighted by atomic mass is 79.9. The Morgan fingerprint density at radius 3 is 2.27 bits per heavy atom. The normalized spacial score (nSPS) is 14.8. The van der Waals surface area contributed by atoms with Crippen LogP contribution in [0.4, 0.5) is 4.39 Å². The molecule has 6 nitrogen and oxygen atoms in total. The standard InChI is InChI=1S/C18H11BrFN3O3/c1-9(23-16(24)11-4-2-3-5-12(11)17(23)25)15-14(19)18(26)22-8-10(20)6-7-13(22)21-15/h2-9H,1H3. The average Bonchev–Trinajstić information content (AvgIpc) is 2.89. The third kappa shape index (κ3) is 2.29. The maximum atomic E-state index is 13.4. The molecule has 0 spiro atoms. The van der Waals surface area contributed by atoms with Crippen LogP contribution in [-0.4, -0.2) is 26.1 Å². The Morgan fingerprint density at radius 1 is 1.04 bits per heavy atom. The zero-order chi connectivity index (χ0) is 18.6. The fraction of sp³-hybridized carbons (Fsp3) is 0.111. The van der Waals surface area contributed by atoms with Crippen LogP contribution in [-0.2, 0) is 0 Å². The van der Waals surface area contributed by atoms with Crippen LogP contribution in [0.2, 0.25) is 0 Å². The van der Waals surface area contributed by atoms with E-state index < -0.39 is 29.2 Å². The van der Waals surface area contributed by atoms with Gasteiger partial charge in [0, 0.05) is 6.20 Å². The lowest BCUT2D eigenvalue weighted by Gasteiger charge is -2.23. The summed E-state index contributed by atoms with van der Waals surface area (Å²) in [4.78, 5) is 43.3. The van der Waals surface area contributed by atoms with Crippen molar-refractivity contribution in [2.75, 3.05) is 0 Å². The monoisotopic (exact) mass is 415 g/mol. The summed E-state index contributed by atoms with van der Waals surface area (Å²) in [7, 11) is 0. The molecular formula is C18H11BrFN3O3. The number of aromatic nitrogens is 2. The van der Waals surface area contributed by atoms with Gasteiger partial charge in [-0.05, 0) is 47.1 Å². The van der Waals surface area contributed by atoms with E-state index in [1.165, 1.54) is 12.1 Å². The molecule has 0 bridgehead atoms. The van der Waals surface area contributed by atoms with Crippen molar-refractivity contribution in [1.82, 2.24) is 14.3 Å². The van der Waals surface area contributed by atoms with Gasteiger partial charge >= 0.3 is 0 Å². The van der Waals surface area contributed by atoms with Crippen molar-refractivity contribution in [2.24, 2.45) is 0 Å². The van der Waals surface area contributed by atoms with Crippen LogP contribution in [0.5, 0.6) is 0 Å². The van der Waals surface area contributed by atoms with E-state index in [1.807, 2.05) is 0 Å². The number of halogens is 2. The van der Waals surface area contributed by atoms with Gasteiger partial charge in [0.1, 0.15) is 15.9 Å². The van der Waals surface area contributed by atoms with Gasteiger partial charge in [0.25, 0.3) is 17.4 Å². The zero-order valence-corrected chi connectivity index (χ0v) is 15.0. The van der Waals surface area contributed by atoms with Crippen LogP contribution in [0.15, 0.2) is 51.9 Å². The van der Waals surface area contributed by atoms with Gasteiger partial charge in [-0.3, -0.25) is 23.7 Å². The molecule has 3 heterocycles. The highest BCUT2D eigenvalue weighted by Crippen LogP contribution is 2.32. The Balaban J connectivity index is 1.85. The summed E-state index contributed by atoms with van der Waals surface area (Å²) in [5.41, 5.74) is 0.572. The summed E-state index contributed by atoms with van der Waals surface area (Å²) >= 11 is 3.18. The molecule has 3 aromatic rings. The number of carbonyl (C=O) groups is 2. The number of amides is 2. The number of rotatable bonds is 2. The minimum Gasteiger partial charge on any atom is -0.269 e. The van der Waals surface area contributed by atoms with Crippen molar-refractivity contribution < 1.29 is 14.0 Å². The number of nitrogens with zero attached hydrogens (tertiary/aromatic N) is 3. The lowest BCUT2D eigenvalue weighted by Crippen LogP contribution is -2.34. The third-order valence-corrected chi connectivity index (χ3v) is 5.11. The molecule has 1 atom stereocenters. The van der Waals surface area contributed by atoms with Crippen molar-refractivity contribution in [3.05, 3.63) is 80.1 Å². The Bertz CT molecular complexity index is 1120. The third-order valence-electron chi connectivity index (χ3n) is 4.37. The second-order valence-electron chi connectivity index (χ2n) is 5.89. The number of carbonyl (C=O) groups excluding carboxylic acids is 2. The molecular weight excluding hydrogens is 405 g/mol. The molecule has 130 valence electrons. The van der Waals surface area contributed by atoms with Gasteiger partial charge in [-0.15, -0.1) is 0 Å². The van der Waals surface area contributed by atoms with Crippen LogP contribution in [0.1, 0.15) is 39.4 Å². The van der Waals surface area contributed by atoms with E-state index in [4.69, 9.17) is 0 Å². The topological polar surface area (TPSA) is 71.8 Å². The first-order chi connectivity index (χ1) is 12.4. The fourth-order valence-corrected chi connectivity index (χ4v) is 3.68. The number of benzene rings is 1. The number of pyridine rings is 1. The molecule has 1 aromatic carbocycles. The molecule has 0 N–H and O–H groups in total. The van der Waals surface area contributed by atoms with Crippen molar-refractivity contribution in [1.29, 1.82) is 0 Å². The minimum atomic E-state index is -0.778. The van der Waals surface area contributed by atoms with E-state index in [2.05, 4.69) is 20.9 Å². The second kappa shape index (κ2) is 5.84. The van der Waals surface area contributed by atoms with Gasteiger partial charge in [0.2, 0.25) is 0 Å². The Labute approximate surface area is 155 Å². The average molecular weight is 416 g/mol. The van der Waals surface area contributed by atoms with E-state index in [-0.39, 0.29) is 15.8 Å². The highest BCUT2D eigenvalue weighted by molar-refractivity contribution is 9.10. The molecule has 2 aromatic heterocycles. The summed E-state index contributed by atoms with van der Waals surface area (Å²) < 4.78 is 14.5. The van der Waals surface area contributed by atoms with Gasteiger partial charge in [0.15, 0.2) is 0 Å². The van der Waals surface area contributed by atoms with Crippen LogP contribution in [0.3, 0.4) is 0 Å². The first-order valence-corrected chi connectivity index (χ1v) is 8.53. The lowest BCUT2D eigenvalue weighted by molar-refractivity contribution is 0.0591. The van der Waals surface area contributed by atoms with Crippen molar-refractivity contribution >= 4 is 33.4 Å². The van der Waals surface area contributed by atoms with E-state index in [1.54, 1.807) is 31.2 Å². The lowest BCUT2D eigenvalue weighted by atomic mass is 10.1. The number of fused-ring (bicyclic) bond motifs is 2. The zero-order valence-electron chi connectivity index (χ0n) is 13.4. The van der Waals surface area contributed by atoms with E-state index >= 15 is 0 Å². The van der Waals surface area contributed by atoms with Crippen molar-refractivity contribution in [3.63, 3.8) is 0 Å². The molecule has 0 saturated heterocycles. The number of hydrogen-bond acceptors (Lipinski definition) is 4. The van der Waals surface area contributed by atoms with Crippen LogP contribution in [0.25, 0.3) is 5.65 Å².